The molecule has 0 saturated carbocycles. The van der Waals surface area contributed by atoms with E-state index in [0.29, 0.717) is 18.6 Å². The van der Waals surface area contributed by atoms with E-state index in [0.717, 1.165) is 0 Å². The number of alkyl carbamates (subject to hydrolysis) is 1. The average molecular weight is 327 g/mol. The van der Waals surface area contributed by atoms with E-state index in [1.54, 1.807) is 6.92 Å². The summed E-state index contributed by atoms with van der Waals surface area (Å²) in [6.45, 7) is 1.63. The monoisotopic (exact) mass is 327 g/mol. The van der Waals surface area contributed by atoms with Crippen molar-refractivity contribution in [1.82, 2.24) is 5.32 Å². The third-order valence-corrected chi connectivity index (χ3v) is 3.28. The standard InChI is InChI=1S/C13H11F6NO2/c1-2-9-10(22-11(21)20-9)6-3-7(12(14,15)16)5-8(4-6)13(17,18)19/h3-5,9-10H,2H2,1H3,(H,20,21)/t9-,10-/m1/s1. The van der Waals surface area contributed by atoms with Crippen LogP contribution in [-0.2, 0) is 17.1 Å². The first-order valence-corrected chi connectivity index (χ1v) is 6.29. The summed E-state index contributed by atoms with van der Waals surface area (Å²) >= 11 is 0. The molecular formula is C13H11F6NO2. The van der Waals surface area contributed by atoms with Gasteiger partial charge in [0.1, 0.15) is 6.10 Å². The van der Waals surface area contributed by atoms with E-state index >= 15 is 0 Å². The van der Waals surface area contributed by atoms with Gasteiger partial charge in [0, 0.05) is 0 Å². The Labute approximate surface area is 121 Å². The lowest BCUT2D eigenvalue weighted by Crippen LogP contribution is -2.27. The number of hydrogen-bond acceptors (Lipinski definition) is 2. The van der Waals surface area contributed by atoms with E-state index in [2.05, 4.69) is 5.32 Å². The number of amides is 1. The van der Waals surface area contributed by atoms with Crippen molar-refractivity contribution in [1.29, 1.82) is 0 Å². The highest BCUT2D eigenvalue weighted by atomic mass is 19.4. The van der Waals surface area contributed by atoms with E-state index in [1.165, 1.54) is 0 Å². The lowest BCUT2D eigenvalue weighted by atomic mass is 9.96. The molecule has 22 heavy (non-hydrogen) atoms. The Morgan fingerprint density at radius 3 is 1.95 bits per heavy atom. The molecule has 1 N–H and O–H groups in total. The largest absolute Gasteiger partial charge is 0.439 e. The number of alkyl halides is 6. The highest BCUT2D eigenvalue weighted by Gasteiger charge is 2.40. The van der Waals surface area contributed by atoms with Crippen molar-refractivity contribution in [2.75, 3.05) is 0 Å². The molecule has 1 aromatic rings. The first kappa shape index (κ1) is 16.4. The van der Waals surface area contributed by atoms with Crippen LogP contribution >= 0.6 is 0 Å². The molecular weight excluding hydrogens is 316 g/mol. The molecule has 1 heterocycles. The van der Waals surface area contributed by atoms with Crippen molar-refractivity contribution in [3.63, 3.8) is 0 Å². The third-order valence-electron chi connectivity index (χ3n) is 3.28. The Morgan fingerprint density at radius 1 is 1.05 bits per heavy atom. The summed E-state index contributed by atoms with van der Waals surface area (Å²) in [5.41, 5.74) is -3.21. The van der Waals surface area contributed by atoms with Gasteiger partial charge in [0.15, 0.2) is 0 Å². The van der Waals surface area contributed by atoms with Gasteiger partial charge in [-0.1, -0.05) is 6.92 Å². The summed E-state index contributed by atoms with van der Waals surface area (Å²) in [6.07, 6.45) is -11.6. The molecule has 1 fully saturated rings. The molecule has 1 aliphatic rings. The van der Waals surface area contributed by atoms with Crippen LogP contribution in [0.3, 0.4) is 0 Å². The molecule has 1 amide bonds. The zero-order valence-electron chi connectivity index (χ0n) is 11.2. The Morgan fingerprint density at radius 2 is 1.55 bits per heavy atom. The number of cyclic esters (lactones) is 1. The van der Waals surface area contributed by atoms with Gasteiger partial charge in [-0.25, -0.2) is 4.79 Å². The average Bonchev–Trinajstić information content (AvgIpc) is 2.77. The summed E-state index contributed by atoms with van der Waals surface area (Å²) in [4.78, 5) is 11.2. The van der Waals surface area contributed by atoms with E-state index in [-0.39, 0.29) is 11.6 Å². The molecule has 0 unspecified atom stereocenters. The summed E-state index contributed by atoms with van der Waals surface area (Å²) < 4.78 is 81.5. The van der Waals surface area contributed by atoms with Gasteiger partial charge in [0.25, 0.3) is 0 Å². The zero-order chi connectivity index (χ0) is 16.7. The van der Waals surface area contributed by atoms with Crippen LogP contribution in [0.1, 0.15) is 36.1 Å². The van der Waals surface area contributed by atoms with Crippen molar-refractivity contribution >= 4 is 6.09 Å². The Kier molecular flexibility index (Phi) is 4.01. The second-order valence-electron chi connectivity index (χ2n) is 4.82. The number of carbonyl (C=O) groups is 1. The van der Waals surface area contributed by atoms with Crippen LogP contribution in [0.4, 0.5) is 31.1 Å². The van der Waals surface area contributed by atoms with Gasteiger partial charge in [-0.05, 0) is 30.2 Å². The van der Waals surface area contributed by atoms with E-state index in [4.69, 9.17) is 4.74 Å². The predicted molar refractivity (Wildman–Crippen MR) is 62.9 cm³/mol. The molecule has 3 nitrogen and oxygen atoms in total. The van der Waals surface area contributed by atoms with Gasteiger partial charge < -0.3 is 10.1 Å². The van der Waals surface area contributed by atoms with E-state index in [9.17, 15) is 31.1 Å². The van der Waals surface area contributed by atoms with Crippen LogP contribution in [-0.4, -0.2) is 12.1 Å². The van der Waals surface area contributed by atoms with Crippen LogP contribution in [0.5, 0.6) is 0 Å². The fraction of sp³-hybridized carbons (Fsp3) is 0.462. The summed E-state index contributed by atoms with van der Waals surface area (Å²) in [6, 6.07) is 0.498. The van der Waals surface area contributed by atoms with Crippen LogP contribution in [0, 0.1) is 0 Å². The van der Waals surface area contributed by atoms with Crippen molar-refractivity contribution in [2.45, 2.75) is 37.8 Å². The van der Waals surface area contributed by atoms with Gasteiger partial charge >= 0.3 is 18.4 Å². The number of halogens is 6. The normalized spacial score (nSPS) is 22.4. The Balaban J connectivity index is 2.53. The number of hydrogen-bond donors (Lipinski definition) is 1. The third kappa shape index (κ3) is 3.28. The molecule has 2 rings (SSSR count). The first-order valence-electron chi connectivity index (χ1n) is 6.29. The van der Waals surface area contributed by atoms with Crippen molar-refractivity contribution < 1.29 is 35.9 Å². The molecule has 2 atom stereocenters. The quantitative estimate of drug-likeness (QED) is 0.823. The lowest BCUT2D eigenvalue weighted by molar-refractivity contribution is -0.143. The minimum atomic E-state index is -4.94. The van der Waals surface area contributed by atoms with Crippen LogP contribution in [0.2, 0.25) is 0 Å². The topological polar surface area (TPSA) is 38.3 Å². The van der Waals surface area contributed by atoms with Gasteiger partial charge in [0.05, 0.1) is 17.2 Å². The second kappa shape index (κ2) is 5.36. The van der Waals surface area contributed by atoms with Crippen LogP contribution in [0.15, 0.2) is 18.2 Å². The summed E-state index contributed by atoms with van der Waals surface area (Å²) in [5, 5.41) is 2.34. The lowest BCUT2D eigenvalue weighted by Gasteiger charge is -2.19. The Hall–Kier alpha value is -1.93. The maximum Gasteiger partial charge on any atom is 0.416 e. The molecule has 1 aromatic carbocycles. The van der Waals surface area contributed by atoms with E-state index < -0.39 is 41.7 Å². The zero-order valence-corrected chi connectivity index (χ0v) is 11.2. The molecule has 0 radical (unpaired) electrons. The van der Waals surface area contributed by atoms with Crippen molar-refractivity contribution in [3.05, 3.63) is 34.9 Å². The Bertz CT molecular complexity index is 549. The van der Waals surface area contributed by atoms with E-state index in [1.807, 2.05) is 0 Å². The molecule has 1 saturated heterocycles. The number of benzene rings is 1. The highest BCUT2D eigenvalue weighted by molar-refractivity contribution is 5.70. The van der Waals surface area contributed by atoms with Crippen molar-refractivity contribution in [2.24, 2.45) is 0 Å². The molecule has 0 aromatic heterocycles. The molecule has 1 aliphatic heterocycles. The SMILES string of the molecule is CC[C@H]1NC(=O)O[C@@H]1c1cc(C(F)(F)F)cc(C(F)(F)F)c1. The van der Waals surface area contributed by atoms with Gasteiger partial charge in [-0.3, -0.25) is 0 Å². The smallest absolute Gasteiger partial charge is 0.416 e. The molecule has 0 aliphatic carbocycles. The van der Waals surface area contributed by atoms with Crippen molar-refractivity contribution in [3.8, 4) is 0 Å². The second-order valence-corrected chi connectivity index (χ2v) is 4.82. The molecule has 0 bridgehead atoms. The maximum atomic E-state index is 12.8. The molecule has 0 spiro atoms. The van der Waals surface area contributed by atoms with Gasteiger partial charge in [-0.15, -0.1) is 0 Å². The summed E-state index contributed by atoms with van der Waals surface area (Å²) in [5.74, 6) is 0. The number of rotatable bonds is 2. The fourth-order valence-electron chi connectivity index (χ4n) is 2.22. The number of ether oxygens (including phenoxy) is 1. The van der Waals surface area contributed by atoms with Gasteiger partial charge in [0.2, 0.25) is 0 Å². The number of nitrogens with one attached hydrogen (secondary N) is 1. The van der Waals surface area contributed by atoms with Crippen LogP contribution < -0.4 is 5.32 Å². The maximum absolute atomic E-state index is 12.8. The predicted octanol–water partition coefficient (Wildman–Crippen LogP) is 4.28. The molecule has 122 valence electrons. The summed E-state index contributed by atoms with van der Waals surface area (Å²) in [7, 11) is 0. The molecule has 9 heteroatoms. The number of carbonyl (C=O) groups excluding carboxylic acids is 1. The minimum absolute atomic E-state index is 0.0364. The minimum Gasteiger partial charge on any atom is -0.439 e. The van der Waals surface area contributed by atoms with Crippen LogP contribution in [0.25, 0.3) is 0 Å². The first-order chi connectivity index (χ1) is 10.0. The highest BCUT2D eigenvalue weighted by Crippen LogP contribution is 2.39. The van der Waals surface area contributed by atoms with Gasteiger partial charge in [-0.2, -0.15) is 26.3 Å². The fourth-order valence-corrected chi connectivity index (χ4v) is 2.22.